The maximum Gasteiger partial charge on any atom is 0.408 e. The van der Waals surface area contributed by atoms with Gasteiger partial charge in [0.1, 0.15) is 34.6 Å². The quantitative estimate of drug-likeness (QED) is 0.111. The average molecular weight is 816 g/mol. The van der Waals surface area contributed by atoms with Gasteiger partial charge in [-0.05, 0) is 84.9 Å². The number of nitrogens with one attached hydrogen (secondary N) is 2. The fourth-order valence-electron chi connectivity index (χ4n) is 7.24. The molecule has 5 heterocycles. The van der Waals surface area contributed by atoms with Crippen molar-refractivity contribution in [1.29, 1.82) is 0 Å². The van der Waals surface area contributed by atoms with Crippen molar-refractivity contribution in [2.45, 2.75) is 44.1 Å². The predicted octanol–water partition coefficient (Wildman–Crippen LogP) is 7.67. The summed E-state index contributed by atoms with van der Waals surface area (Å²) in [5, 5.41) is 3.92. The van der Waals surface area contributed by atoms with Gasteiger partial charge in [-0.15, -0.1) is 0 Å². The van der Waals surface area contributed by atoms with E-state index in [0.29, 0.717) is 50.0 Å². The molecule has 3 saturated heterocycles. The Kier molecular flexibility index (Phi) is 13.9. The number of esters is 1. The number of ether oxygens (including phenoxy) is 5. The van der Waals surface area contributed by atoms with Gasteiger partial charge in [0.25, 0.3) is 0 Å². The number of H-pyrrole nitrogens is 1. The summed E-state index contributed by atoms with van der Waals surface area (Å²) in [6.45, 7) is 3.06. The van der Waals surface area contributed by atoms with Gasteiger partial charge in [-0.3, -0.25) is 9.88 Å². The number of pyridine rings is 2. The standard InChI is InChI=1S/C43H42Cl2N4O7.H2O/c1-52-37-14-12-29(20-39(37)53-2)38(21-34-35(44)23-46-24-36(34)45)55-42(50)31-11-13-32(47-22-31)26-54-33-10-6-9-30(19-33)41(28-7-4-3-5-8-28)48-43(51)56-40-25-49-17-15-27(40)16-18-49;/h3-14,19-20,22-24,27,38,40-41H,15-18,21,25-26H2,1-2H3,(H,48,51);1H2/t38-,40-,41-;/m0./s1. The molecule has 3 atom stereocenters. The molecule has 3 aliphatic heterocycles. The van der Waals surface area contributed by atoms with Gasteiger partial charge in [-0.1, -0.05) is 71.7 Å². The Bertz CT molecular complexity index is 2110. The summed E-state index contributed by atoms with van der Waals surface area (Å²) in [5.41, 5.74) is 3.88. The summed E-state index contributed by atoms with van der Waals surface area (Å²) in [7, 11) is 3.08. The molecule has 0 spiro atoms. The van der Waals surface area contributed by atoms with E-state index in [2.05, 4.69) is 20.2 Å². The van der Waals surface area contributed by atoms with Crippen LogP contribution in [0.15, 0.2) is 104 Å². The number of carbonyl (C=O) groups is 2. The minimum atomic E-state index is -0.772. The first-order valence-electron chi connectivity index (χ1n) is 18.5. The third-order valence-electron chi connectivity index (χ3n) is 10.3. The molecule has 0 unspecified atom stereocenters. The lowest BCUT2D eigenvalue weighted by molar-refractivity contribution is -0.377. The Morgan fingerprint density at radius 1 is 0.877 bits per heavy atom. The highest BCUT2D eigenvalue weighted by Gasteiger charge is 2.37. The topological polar surface area (TPSA) is 153 Å². The molecule has 12 nitrogen and oxygen atoms in total. The zero-order chi connectivity index (χ0) is 39.0. The van der Waals surface area contributed by atoms with Crippen molar-refractivity contribution >= 4 is 35.3 Å². The number of carbonyl (C=O) groups excluding carboxylic acids is 2. The molecule has 8 rings (SSSR count). The van der Waals surface area contributed by atoms with Crippen LogP contribution in [0.25, 0.3) is 0 Å². The summed E-state index contributed by atoms with van der Waals surface area (Å²) in [4.78, 5) is 36.5. The Hall–Kier alpha value is -5.40. The average Bonchev–Trinajstić information content (AvgIpc) is 3.23. The number of aromatic nitrogens is 2. The lowest BCUT2D eigenvalue weighted by Crippen LogP contribution is -2.52. The monoisotopic (exact) mass is 814 g/mol. The Morgan fingerprint density at radius 3 is 2.28 bits per heavy atom. The van der Waals surface area contributed by atoms with Gasteiger partial charge in [0.05, 0.1) is 31.5 Å². The summed E-state index contributed by atoms with van der Waals surface area (Å²) in [6.07, 6.45) is 5.69. The van der Waals surface area contributed by atoms with Crippen LogP contribution in [0.4, 0.5) is 4.79 Å². The van der Waals surface area contributed by atoms with Gasteiger partial charge in [0.15, 0.2) is 23.9 Å². The number of nitrogens with zero attached hydrogens (tertiary/aromatic N) is 2. The van der Waals surface area contributed by atoms with Crippen molar-refractivity contribution in [3.63, 3.8) is 0 Å². The second kappa shape index (κ2) is 19.2. The number of hydrogen-bond acceptors (Lipinski definition) is 10. The van der Waals surface area contributed by atoms with Gasteiger partial charge < -0.3 is 34.5 Å². The molecule has 57 heavy (non-hydrogen) atoms. The van der Waals surface area contributed by atoms with Gasteiger partial charge in [-0.2, -0.15) is 0 Å². The van der Waals surface area contributed by atoms with Crippen LogP contribution in [0.1, 0.15) is 63.3 Å². The van der Waals surface area contributed by atoms with Gasteiger partial charge in [0.2, 0.25) is 0 Å². The minimum absolute atomic E-state index is 0. The number of methoxy groups -OCH3 is 2. The molecule has 3 N–H and O–H groups in total. The van der Waals surface area contributed by atoms with Crippen molar-refractivity contribution in [2.24, 2.45) is 5.92 Å². The van der Waals surface area contributed by atoms with Crippen molar-refractivity contribution < 1.29 is 43.7 Å². The molecule has 2 bridgehead atoms. The number of hydrogen-bond donors (Lipinski definition) is 1. The fraction of sp³-hybridized carbons (Fsp3) is 0.302. The van der Waals surface area contributed by atoms with Gasteiger partial charge in [0, 0.05) is 24.7 Å². The minimum Gasteiger partial charge on any atom is -0.870 e. The summed E-state index contributed by atoms with van der Waals surface area (Å²) in [6, 6.07) is 25.6. The largest absolute Gasteiger partial charge is 0.870 e. The predicted molar refractivity (Wildman–Crippen MR) is 212 cm³/mol. The van der Waals surface area contributed by atoms with Crippen LogP contribution in [-0.4, -0.2) is 67.4 Å². The van der Waals surface area contributed by atoms with E-state index in [9.17, 15) is 9.59 Å². The van der Waals surface area contributed by atoms with Crippen molar-refractivity contribution in [3.8, 4) is 17.2 Å². The molecule has 5 aromatic rings. The molecule has 3 aromatic carbocycles. The van der Waals surface area contributed by atoms with E-state index in [0.717, 1.165) is 43.6 Å². The second-order valence-corrected chi connectivity index (χ2v) is 14.6. The maximum atomic E-state index is 13.5. The molecule has 1 amide bonds. The first-order chi connectivity index (χ1) is 27.3. The first-order valence-corrected chi connectivity index (χ1v) is 19.2. The smallest absolute Gasteiger partial charge is 0.408 e. The van der Waals surface area contributed by atoms with Crippen molar-refractivity contribution in [2.75, 3.05) is 33.9 Å². The molecular formula is C43H44Cl2N4O8. The highest BCUT2D eigenvalue weighted by atomic mass is 35.5. The van der Waals surface area contributed by atoms with E-state index in [1.807, 2.05) is 54.6 Å². The van der Waals surface area contributed by atoms with Crippen LogP contribution in [-0.2, 0) is 22.5 Å². The number of aromatic amines is 1. The normalized spacial score (nSPS) is 18.0. The van der Waals surface area contributed by atoms with Gasteiger partial charge >= 0.3 is 12.1 Å². The zero-order valence-corrected chi connectivity index (χ0v) is 33.0. The maximum absolute atomic E-state index is 13.5. The van der Waals surface area contributed by atoms with E-state index in [-0.39, 0.29) is 30.2 Å². The molecule has 2 aromatic heterocycles. The Morgan fingerprint density at radius 2 is 1.61 bits per heavy atom. The van der Waals surface area contributed by atoms with Crippen LogP contribution in [0.5, 0.6) is 17.2 Å². The van der Waals surface area contributed by atoms with E-state index in [1.165, 1.54) is 13.3 Å². The van der Waals surface area contributed by atoms with Crippen molar-refractivity contribution in [1.82, 2.24) is 15.2 Å². The van der Waals surface area contributed by atoms with E-state index < -0.39 is 24.2 Å². The molecule has 3 aliphatic rings. The summed E-state index contributed by atoms with van der Waals surface area (Å²) < 4.78 is 29.1. The number of amides is 1. The first kappa shape index (κ1) is 41.2. The Labute approximate surface area is 341 Å². The fourth-order valence-corrected chi connectivity index (χ4v) is 7.78. The van der Waals surface area contributed by atoms with Crippen molar-refractivity contribution in [3.05, 3.63) is 147 Å². The molecular weight excluding hydrogens is 771 g/mol. The molecule has 0 aliphatic carbocycles. The number of halogens is 2. The summed E-state index contributed by atoms with van der Waals surface area (Å²) in [5.74, 6) is 1.43. The van der Waals surface area contributed by atoms with Crippen LogP contribution < -0.4 is 24.5 Å². The molecule has 0 radical (unpaired) electrons. The van der Waals surface area contributed by atoms with Crippen LogP contribution in [0.3, 0.4) is 0 Å². The van der Waals surface area contributed by atoms with Crippen LogP contribution in [0.2, 0.25) is 10.0 Å². The second-order valence-electron chi connectivity index (χ2n) is 13.8. The molecule has 14 heteroatoms. The highest BCUT2D eigenvalue weighted by Crippen LogP contribution is 2.36. The number of piperidine rings is 3. The number of benzene rings is 3. The van der Waals surface area contributed by atoms with E-state index >= 15 is 0 Å². The lowest BCUT2D eigenvalue weighted by Gasteiger charge is -2.43. The zero-order valence-electron chi connectivity index (χ0n) is 31.5. The van der Waals surface area contributed by atoms with E-state index in [1.54, 1.807) is 49.8 Å². The molecule has 3 fully saturated rings. The third kappa shape index (κ3) is 10.1. The number of fused-ring (bicyclic) bond motifs is 3. The Balaban J connectivity index is 0.00000549. The third-order valence-corrected chi connectivity index (χ3v) is 11.0. The number of rotatable bonds is 14. The molecule has 0 saturated carbocycles. The molecule has 298 valence electrons. The summed E-state index contributed by atoms with van der Waals surface area (Å²) >= 11 is 13.0. The van der Waals surface area contributed by atoms with E-state index in [4.69, 9.17) is 46.9 Å². The highest BCUT2D eigenvalue weighted by molar-refractivity contribution is 6.35. The van der Waals surface area contributed by atoms with Gasteiger partial charge in [-0.25, -0.2) is 14.6 Å². The number of alkyl carbamates (subject to hydrolysis) is 1. The van der Waals surface area contributed by atoms with Crippen LogP contribution >= 0.6 is 23.2 Å². The lowest BCUT2D eigenvalue weighted by atomic mass is 9.86. The van der Waals surface area contributed by atoms with Crippen LogP contribution in [0, 0.1) is 5.92 Å². The SMILES string of the molecule is COc1ccc([C@H](Cc2c(Cl)c[nH+]cc2Cl)OC(=O)c2ccc(COc3cccc([C@@H](NC(=O)O[C@H]4CN5CCC4CC5)c4ccccc4)c3)nc2)cc1OC.[OH-].